The minimum Gasteiger partial charge on any atom is -0.326 e. The predicted molar refractivity (Wildman–Crippen MR) is 71.0 cm³/mol. The number of hydrogen-bond donors (Lipinski definition) is 2. The summed E-state index contributed by atoms with van der Waals surface area (Å²) in [6.45, 7) is 2.33. The fraction of sp³-hybridized carbons (Fsp3) is 0.357. The van der Waals surface area contributed by atoms with Gasteiger partial charge in [0.1, 0.15) is 5.82 Å². The monoisotopic (exact) mass is 260 g/mol. The van der Waals surface area contributed by atoms with E-state index in [4.69, 9.17) is 5.73 Å². The first-order chi connectivity index (χ1) is 9.24. The number of likely N-dealkylation sites (tertiary alicyclic amines) is 1. The Hall–Kier alpha value is -1.72. The Morgan fingerprint density at radius 3 is 2.89 bits per heavy atom. The molecule has 1 saturated heterocycles. The molecule has 1 aromatic carbocycles. The van der Waals surface area contributed by atoms with Crippen LogP contribution in [0.25, 0.3) is 0 Å². The lowest BCUT2D eigenvalue weighted by Gasteiger charge is -2.15. The molecule has 0 radical (unpaired) electrons. The van der Waals surface area contributed by atoms with Crippen LogP contribution in [0.3, 0.4) is 0 Å². The van der Waals surface area contributed by atoms with E-state index < -0.39 is 0 Å². The number of hydrogen-bond acceptors (Lipinski definition) is 3. The van der Waals surface area contributed by atoms with Crippen LogP contribution in [0.2, 0.25) is 0 Å². The number of aromatic amines is 1. The van der Waals surface area contributed by atoms with Crippen LogP contribution in [0.5, 0.6) is 0 Å². The highest BCUT2D eigenvalue weighted by molar-refractivity contribution is 5.25. The molecule has 1 aliphatic heterocycles. The SMILES string of the molecule is N[C@@H]1CN(Cc2ccn[nH]2)C[C@H]1c1ccccc1F. The molecule has 100 valence electrons. The molecule has 0 aliphatic carbocycles. The van der Waals surface area contributed by atoms with Gasteiger partial charge in [-0.2, -0.15) is 5.10 Å². The third-order valence-corrected chi connectivity index (χ3v) is 3.70. The van der Waals surface area contributed by atoms with Gasteiger partial charge in [-0.25, -0.2) is 4.39 Å². The highest BCUT2D eigenvalue weighted by Gasteiger charge is 2.32. The smallest absolute Gasteiger partial charge is 0.126 e. The van der Waals surface area contributed by atoms with E-state index in [1.54, 1.807) is 12.3 Å². The van der Waals surface area contributed by atoms with Gasteiger partial charge in [0, 0.05) is 43.5 Å². The van der Waals surface area contributed by atoms with Crippen LogP contribution in [0, 0.1) is 5.82 Å². The predicted octanol–water partition coefficient (Wildman–Crippen LogP) is 1.48. The number of nitrogens with zero attached hydrogens (tertiary/aromatic N) is 2. The lowest BCUT2D eigenvalue weighted by Crippen LogP contribution is -2.29. The molecule has 19 heavy (non-hydrogen) atoms. The third kappa shape index (κ3) is 2.52. The van der Waals surface area contributed by atoms with Gasteiger partial charge >= 0.3 is 0 Å². The maximum atomic E-state index is 13.8. The summed E-state index contributed by atoms with van der Waals surface area (Å²) in [7, 11) is 0. The lowest BCUT2D eigenvalue weighted by molar-refractivity contribution is 0.319. The van der Waals surface area contributed by atoms with Crippen LogP contribution in [-0.4, -0.2) is 34.2 Å². The maximum absolute atomic E-state index is 13.8. The fourth-order valence-corrected chi connectivity index (χ4v) is 2.76. The van der Waals surface area contributed by atoms with E-state index in [0.29, 0.717) is 0 Å². The average Bonchev–Trinajstić information content (AvgIpc) is 3.01. The second kappa shape index (κ2) is 5.11. The minimum absolute atomic E-state index is 0.0279. The van der Waals surface area contributed by atoms with Crippen LogP contribution in [0.15, 0.2) is 36.5 Å². The van der Waals surface area contributed by atoms with E-state index in [1.165, 1.54) is 6.07 Å². The molecule has 1 fully saturated rings. The topological polar surface area (TPSA) is 57.9 Å². The van der Waals surface area contributed by atoms with Gasteiger partial charge in [0.15, 0.2) is 0 Å². The summed E-state index contributed by atoms with van der Waals surface area (Å²) in [5, 5.41) is 6.87. The fourth-order valence-electron chi connectivity index (χ4n) is 2.76. The molecule has 3 N–H and O–H groups in total. The van der Waals surface area contributed by atoms with Crippen molar-refractivity contribution >= 4 is 0 Å². The summed E-state index contributed by atoms with van der Waals surface area (Å²) in [6.07, 6.45) is 1.74. The lowest BCUT2D eigenvalue weighted by atomic mass is 9.94. The Labute approximate surface area is 111 Å². The van der Waals surface area contributed by atoms with Crippen molar-refractivity contribution in [3.05, 3.63) is 53.6 Å². The quantitative estimate of drug-likeness (QED) is 0.878. The van der Waals surface area contributed by atoms with Crippen molar-refractivity contribution in [2.24, 2.45) is 5.73 Å². The standard InChI is InChI=1S/C14H17FN4/c15-13-4-2-1-3-11(13)12-8-19(9-14(12)16)7-10-5-6-17-18-10/h1-6,12,14H,7-9,16H2,(H,17,18)/t12-,14+/m0/s1. The molecular formula is C14H17FN4. The molecule has 1 aliphatic rings. The highest BCUT2D eigenvalue weighted by Crippen LogP contribution is 2.28. The van der Waals surface area contributed by atoms with Crippen molar-refractivity contribution in [2.45, 2.75) is 18.5 Å². The van der Waals surface area contributed by atoms with Crippen LogP contribution in [0.1, 0.15) is 17.2 Å². The molecule has 2 aromatic rings. The van der Waals surface area contributed by atoms with Gasteiger partial charge in [0.25, 0.3) is 0 Å². The van der Waals surface area contributed by atoms with Gasteiger partial charge in [-0.3, -0.25) is 10.00 Å². The minimum atomic E-state index is -0.161. The summed E-state index contributed by atoms with van der Waals surface area (Å²) < 4.78 is 13.8. The molecule has 3 rings (SSSR count). The molecule has 0 unspecified atom stereocenters. The molecule has 2 atom stereocenters. The second-order valence-corrected chi connectivity index (χ2v) is 5.07. The summed E-state index contributed by atoms with van der Waals surface area (Å²) in [5.41, 5.74) is 7.95. The molecule has 5 heteroatoms. The van der Waals surface area contributed by atoms with Gasteiger partial charge in [0.05, 0.1) is 0 Å². The molecule has 0 amide bonds. The Morgan fingerprint density at radius 2 is 2.16 bits per heavy atom. The van der Waals surface area contributed by atoms with E-state index in [9.17, 15) is 4.39 Å². The zero-order valence-electron chi connectivity index (χ0n) is 10.6. The summed E-state index contributed by atoms with van der Waals surface area (Å²) in [6, 6.07) is 8.82. The maximum Gasteiger partial charge on any atom is 0.126 e. The van der Waals surface area contributed by atoms with Crippen molar-refractivity contribution in [2.75, 3.05) is 13.1 Å². The first-order valence-corrected chi connectivity index (χ1v) is 6.44. The Balaban J connectivity index is 1.73. The van der Waals surface area contributed by atoms with Crippen LogP contribution in [-0.2, 0) is 6.54 Å². The molecule has 2 heterocycles. The number of aromatic nitrogens is 2. The van der Waals surface area contributed by atoms with Gasteiger partial charge in [-0.05, 0) is 17.7 Å². The second-order valence-electron chi connectivity index (χ2n) is 5.07. The molecule has 0 spiro atoms. The van der Waals surface area contributed by atoms with Crippen molar-refractivity contribution < 1.29 is 4.39 Å². The van der Waals surface area contributed by atoms with Crippen molar-refractivity contribution in [1.82, 2.24) is 15.1 Å². The van der Waals surface area contributed by atoms with Crippen molar-refractivity contribution in [3.63, 3.8) is 0 Å². The Kier molecular flexibility index (Phi) is 3.31. The number of H-pyrrole nitrogens is 1. The van der Waals surface area contributed by atoms with E-state index in [0.717, 1.165) is 30.9 Å². The Morgan fingerprint density at radius 1 is 1.32 bits per heavy atom. The zero-order chi connectivity index (χ0) is 13.2. The summed E-state index contributed by atoms with van der Waals surface area (Å²) >= 11 is 0. The average molecular weight is 260 g/mol. The molecule has 0 bridgehead atoms. The molecular weight excluding hydrogens is 243 g/mol. The number of nitrogens with two attached hydrogens (primary N) is 1. The van der Waals surface area contributed by atoms with Crippen LogP contribution >= 0.6 is 0 Å². The normalized spacial score (nSPS) is 23.9. The van der Waals surface area contributed by atoms with Gasteiger partial charge in [0.2, 0.25) is 0 Å². The van der Waals surface area contributed by atoms with Crippen LogP contribution < -0.4 is 5.73 Å². The highest BCUT2D eigenvalue weighted by atomic mass is 19.1. The van der Waals surface area contributed by atoms with Gasteiger partial charge < -0.3 is 5.73 Å². The van der Waals surface area contributed by atoms with E-state index in [1.807, 2.05) is 18.2 Å². The van der Waals surface area contributed by atoms with E-state index in [2.05, 4.69) is 15.1 Å². The number of halogens is 1. The third-order valence-electron chi connectivity index (χ3n) is 3.70. The largest absolute Gasteiger partial charge is 0.326 e. The van der Waals surface area contributed by atoms with E-state index in [-0.39, 0.29) is 17.8 Å². The van der Waals surface area contributed by atoms with Crippen molar-refractivity contribution in [1.29, 1.82) is 0 Å². The Bertz CT molecular complexity index is 540. The molecule has 0 saturated carbocycles. The van der Waals surface area contributed by atoms with Crippen LogP contribution in [0.4, 0.5) is 4.39 Å². The van der Waals surface area contributed by atoms with Crippen molar-refractivity contribution in [3.8, 4) is 0 Å². The first kappa shape index (κ1) is 12.3. The molecule has 4 nitrogen and oxygen atoms in total. The number of rotatable bonds is 3. The summed E-state index contributed by atoms with van der Waals surface area (Å²) in [4.78, 5) is 2.23. The first-order valence-electron chi connectivity index (χ1n) is 6.44. The summed E-state index contributed by atoms with van der Waals surface area (Å²) in [5.74, 6) is -0.101. The molecule has 1 aromatic heterocycles. The van der Waals surface area contributed by atoms with E-state index >= 15 is 0 Å². The van der Waals surface area contributed by atoms with Gasteiger partial charge in [-0.1, -0.05) is 18.2 Å². The van der Waals surface area contributed by atoms with Gasteiger partial charge in [-0.15, -0.1) is 0 Å². The zero-order valence-corrected chi connectivity index (χ0v) is 10.6. The number of benzene rings is 1. The number of nitrogens with one attached hydrogen (secondary N) is 1.